The summed E-state index contributed by atoms with van der Waals surface area (Å²) in [6.45, 7) is 3.65. The van der Waals surface area contributed by atoms with Crippen molar-refractivity contribution in [2.45, 2.75) is 19.9 Å². The highest BCUT2D eigenvalue weighted by Crippen LogP contribution is 2.21. The van der Waals surface area contributed by atoms with Gasteiger partial charge in [0.25, 0.3) is 5.91 Å². The van der Waals surface area contributed by atoms with Gasteiger partial charge in [-0.25, -0.2) is 4.98 Å². The van der Waals surface area contributed by atoms with Gasteiger partial charge in [-0.15, -0.1) is 0 Å². The van der Waals surface area contributed by atoms with Crippen molar-refractivity contribution in [2.24, 2.45) is 5.92 Å². The van der Waals surface area contributed by atoms with Crippen molar-refractivity contribution in [1.82, 2.24) is 10.3 Å². The number of carbonyl (C=O) groups is 2. The summed E-state index contributed by atoms with van der Waals surface area (Å²) >= 11 is 17.6. The van der Waals surface area contributed by atoms with Crippen LogP contribution in [0.1, 0.15) is 24.2 Å². The van der Waals surface area contributed by atoms with Gasteiger partial charge in [-0.3, -0.25) is 9.59 Å². The number of anilines is 1. The van der Waals surface area contributed by atoms with Crippen molar-refractivity contribution in [3.8, 4) is 0 Å². The molecule has 25 heavy (non-hydrogen) atoms. The fraction of sp³-hybridized carbons (Fsp3) is 0.235. The molecule has 2 amide bonds. The lowest BCUT2D eigenvalue weighted by atomic mass is 10.0. The number of nitrogens with zero attached hydrogens (tertiary/aromatic N) is 1. The van der Waals surface area contributed by atoms with Crippen LogP contribution in [0.25, 0.3) is 0 Å². The van der Waals surface area contributed by atoms with E-state index in [2.05, 4.69) is 15.6 Å². The molecule has 1 aromatic carbocycles. The SMILES string of the molecule is CC(C)[C@@H](NC(=O)c1ccc(Cl)cc1Cl)C(=O)Nc1ccc(Cl)cn1. The molecule has 0 aliphatic carbocycles. The van der Waals surface area contributed by atoms with Crippen LogP contribution in [0.15, 0.2) is 36.5 Å². The number of rotatable bonds is 5. The van der Waals surface area contributed by atoms with Crippen LogP contribution < -0.4 is 10.6 Å². The molecule has 132 valence electrons. The zero-order valence-corrected chi connectivity index (χ0v) is 15.8. The summed E-state index contributed by atoms with van der Waals surface area (Å²) in [6, 6.07) is 6.97. The van der Waals surface area contributed by atoms with Crippen LogP contribution in [0.3, 0.4) is 0 Å². The van der Waals surface area contributed by atoms with Gasteiger partial charge >= 0.3 is 0 Å². The Morgan fingerprint density at radius 3 is 2.28 bits per heavy atom. The lowest BCUT2D eigenvalue weighted by molar-refractivity contribution is -0.118. The Morgan fingerprint density at radius 2 is 1.72 bits per heavy atom. The molecule has 5 nitrogen and oxygen atoms in total. The van der Waals surface area contributed by atoms with Gasteiger partial charge < -0.3 is 10.6 Å². The maximum absolute atomic E-state index is 12.5. The normalized spacial score (nSPS) is 11.9. The van der Waals surface area contributed by atoms with Gasteiger partial charge in [-0.1, -0.05) is 48.7 Å². The highest BCUT2D eigenvalue weighted by atomic mass is 35.5. The van der Waals surface area contributed by atoms with Gasteiger partial charge in [0.2, 0.25) is 5.91 Å². The van der Waals surface area contributed by atoms with E-state index in [4.69, 9.17) is 34.8 Å². The topological polar surface area (TPSA) is 71.1 Å². The van der Waals surface area contributed by atoms with Gasteiger partial charge in [0.15, 0.2) is 0 Å². The fourth-order valence-electron chi connectivity index (χ4n) is 2.08. The first-order valence-electron chi connectivity index (χ1n) is 7.46. The Balaban J connectivity index is 2.13. The van der Waals surface area contributed by atoms with Crippen LogP contribution in [0, 0.1) is 5.92 Å². The van der Waals surface area contributed by atoms with Gasteiger partial charge in [-0.05, 0) is 36.2 Å². The predicted octanol–water partition coefficient (Wildman–Crippen LogP) is 4.43. The van der Waals surface area contributed by atoms with Gasteiger partial charge in [0.05, 0.1) is 15.6 Å². The number of hydrogen-bond donors (Lipinski definition) is 2. The molecular weight excluding hydrogens is 385 g/mol. The molecule has 1 atom stereocenters. The number of aromatic nitrogens is 1. The number of pyridine rings is 1. The number of amides is 2. The minimum atomic E-state index is -0.767. The van der Waals surface area contributed by atoms with Crippen molar-refractivity contribution < 1.29 is 9.59 Å². The van der Waals surface area contributed by atoms with Crippen molar-refractivity contribution >= 4 is 52.4 Å². The first-order chi connectivity index (χ1) is 11.8. The maximum Gasteiger partial charge on any atom is 0.253 e. The molecule has 1 aromatic heterocycles. The second-order valence-electron chi connectivity index (χ2n) is 5.67. The molecule has 2 aromatic rings. The van der Waals surface area contributed by atoms with Crippen LogP contribution in [0.4, 0.5) is 5.82 Å². The van der Waals surface area contributed by atoms with E-state index in [1.165, 1.54) is 18.3 Å². The summed E-state index contributed by atoms with van der Waals surface area (Å²) in [4.78, 5) is 28.9. The summed E-state index contributed by atoms with van der Waals surface area (Å²) in [6.07, 6.45) is 1.42. The Kier molecular flexibility index (Phi) is 6.64. The number of halogens is 3. The predicted molar refractivity (Wildman–Crippen MR) is 100 cm³/mol. The molecule has 0 fully saturated rings. The van der Waals surface area contributed by atoms with Crippen LogP contribution in [0.5, 0.6) is 0 Å². The Bertz CT molecular complexity index is 779. The first-order valence-corrected chi connectivity index (χ1v) is 8.59. The molecule has 0 unspecified atom stereocenters. The zero-order valence-electron chi connectivity index (χ0n) is 13.5. The van der Waals surface area contributed by atoms with Crippen molar-refractivity contribution in [2.75, 3.05) is 5.32 Å². The minimum absolute atomic E-state index is 0.151. The molecule has 0 spiro atoms. The summed E-state index contributed by atoms with van der Waals surface area (Å²) in [5.41, 5.74) is 0.245. The van der Waals surface area contributed by atoms with Crippen LogP contribution in [-0.2, 0) is 4.79 Å². The maximum atomic E-state index is 12.5. The fourth-order valence-corrected chi connectivity index (χ4v) is 2.69. The average Bonchev–Trinajstić information content (AvgIpc) is 2.54. The van der Waals surface area contributed by atoms with Gasteiger partial charge in [0, 0.05) is 11.2 Å². The summed E-state index contributed by atoms with van der Waals surface area (Å²) in [5, 5.41) is 6.45. The zero-order chi connectivity index (χ0) is 18.6. The second kappa shape index (κ2) is 8.52. The van der Waals surface area contributed by atoms with E-state index in [1.807, 2.05) is 13.8 Å². The molecule has 1 heterocycles. The number of hydrogen-bond acceptors (Lipinski definition) is 3. The van der Waals surface area contributed by atoms with E-state index in [-0.39, 0.29) is 22.4 Å². The molecule has 2 rings (SSSR count). The van der Waals surface area contributed by atoms with Crippen molar-refractivity contribution in [3.63, 3.8) is 0 Å². The van der Waals surface area contributed by atoms with Crippen LogP contribution in [0.2, 0.25) is 15.1 Å². The highest BCUT2D eigenvalue weighted by molar-refractivity contribution is 6.36. The highest BCUT2D eigenvalue weighted by Gasteiger charge is 2.25. The third kappa shape index (κ3) is 5.33. The van der Waals surface area contributed by atoms with Crippen molar-refractivity contribution in [1.29, 1.82) is 0 Å². The number of benzene rings is 1. The van der Waals surface area contributed by atoms with E-state index < -0.39 is 11.9 Å². The summed E-state index contributed by atoms with van der Waals surface area (Å²) in [5.74, 6) is -0.649. The minimum Gasteiger partial charge on any atom is -0.340 e. The standard InChI is InChI=1S/C17H16Cl3N3O2/c1-9(2)15(17(25)22-14-6-4-11(19)8-21-14)23-16(24)12-5-3-10(18)7-13(12)20/h3-9,15H,1-2H3,(H,23,24)(H,21,22,25)/t15-/m1/s1. The molecule has 0 bridgehead atoms. The molecule has 2 N–H and O–H groups in total. The number of nitrogens with one attached hydrogen (secondary N) is 2. The quantitative estimate of drug-likeness (QED) is 0.779. The monoisotopic (exact) mass is 399 g/mol. The lowest BCUT2D eigenvalue weighted by Crippen LogP contribution is -2.47. The van der Waals surface area contributed by atoms with E-state index >= 15 is 0 Å². The second-order valence-corrected chi connectivity index (χ2v) is 6.95. The van der Waals surface area contributed by atoms with E-state index in [0.29, 0.717) is 15.9 Å². The molecule has 0 radical (unpaired) electrons. The average molecular weight is 401 g/mol. The Morgan fingerprint density at radius 1 is 1.04 bits per heavy atom. The number of carbonyl (C=O) groups excluding carboxylic acids is 2. The van der Waals surface area contributed by atoms with E-state index in [1.54, 1.807) is 18.2 Å². The lowest BCUT2D eigenvalue weighted by Gasteiger charge is -2.21. The van der Waals surface area contributed by atoms with Gasteiger partial charge in [-0.2, -0.15) is 0 Å². The third-order valence-corrected chi connectivity index (χ3v) is 4.16. The Labute approximate surface area is 160 Å². The molecular formula is C17H16Cl3N3O2. The van der Waals surface area contributed by atoms with Gasteiger partial charge in [0.1, 0.15) is 11.9 Å². The summed E-state index contributed by atoms with van der Waals surface area (Å²) < 4.78 is 0. The molecule has 8 heteroatoms. The molecule has 0 saturated carbocycles. The molecule has 0 aliphatic rings. The molecule has 0 saturated heterocycles. The largest absolute Gasteiger partial charge is 0.340 e. The smallest absolute Gasteiger partial charge is 0.253 e. The first kappa shape index (κ1) is 19.5. The third-order valence-electron chi connectivity index (χ3n) is 3.39. The Hall–Kier alpha value is -1.82. The molecule has 0 aliphatic heterocycles. The van der Waals surface area contributed by atoms with E-state index in [0.717, 1.165) is 0 Å². The van der Waals surface area contributed by atoms with Crippen molar-refractivity contribution in [3.05, 3.63) is 57.2 Å². The summed E-state index contributed by atoms with van der Waals surface area (Å²) in [7, 11) is 0. The van der Waals surface area contributed by atoms with Crippen LogP contribution in [-0.4, -0.2) is 22.8 Å². The van der Waals surface area contributed by atoms with E-state index in [9.17, 15) is 9.59 Å². The van der Waals surface area contributed by atoms with Crippen LogP contribution >= 0.6 is 34.8 Å².